The van der Waals surface area contributed by atoms with Crippen molar-refractivity contribution in [2.24, 2.45) is 0 Å². The lowest BCUT2D eigenvalue weighted by Crippen LogP contribution is -2.33. The van der Waals surface area contributed by atoms with Gasteiger partial charge in [0.05, 0.1) is 5.37 Å². The van der Waals surface area contributed by atoms with Crippen molar-refractivity contribution in [1.82, 2.24) is 5.32 Å². The van der Waals surface area contributed by atoms with Crippen molar-refractivity contribution in [2.75, 3.05) is 5.75 Å². The third-order valence-electron chi connectivity index (χ3n) is 2.19. The van der Waals surface area contributed by atoms with E-state index in [-0.39, 0.29) is 0 Å². The largest absolute Gasteiger partial charge is 0.298 e. The zero-order valence-corrected chi connectivity index (χ0v) is 11.7. The average molecular weight is 313 g/mol. The summed E-state index contributed by atoms with van der Waals surface area (Å²) in [5.74, 6) is 1.23. The van der Waals surface area contributed by atoms with Crippen LogP contribution >= 0.6 is 50.6 Å². The molecule has 1 aliphatic rings. The van der Waals surface area contributed by atoms with E-state index in [9.17, 15) is 0 Å². The fourth-order valence-electron chi connectivity index (χ4n) is 1.41. The lowest BCUT2D eigenvalue weighted by molar-refractivity contribution is 0.515. The van der Waals surface area contributed by atoms with Crippen molar-refractivity contribution < 1.29 is 0 Å². The number of nitrogens with one attached hydrogen (secondary N) is 1. The van der Waals surface area contributed by atoms with Gasteiger partial charge in [-0.1, -0.05) is 11.6 Å². The summed E-state index contributed by atoms with van der Waals surface area (Å²) in [6.07, 6.45) is 1.25. The van der Waals surface area contributed by atoms with Gasteiger partial charge in [0.15, 0.2) is 0 Å². The molecule has 1 aromatic heterocycles. The molecule has 5 heteroatoms. The minimum atomic E-state index is 0.424. The highest BCUT2D eigenvalue weighted by atomic mass is 79.9. The van der Waals surface area contributed by atoms with Crippen molar-refractivity contribution in [3.8, 4) is 0 Å². The van der Waals surface area contributed by atoms with Gasteiger partial charge in [-0.25, -0.2) is 0 Å². The topological polar surface area (TPSA) is 12.0 Å². The fourth-order valence-corrected chi connectivity index (χ4v) is 4.72. The Balaban J connectivity index is 2.14. The van der Waals surface area contributed by atoms with Crippen LogP contribution < -0.4 is 5.32 Å². The van der Waals surface area contributed by atoms with Gasteiger partial charge in [-0.3, -0.25) is 5.32 Å². The van der Waals surface area contributed by atoms with Crippen LogP contribution in [0.1, 0.15) is 23.6 Å². The molecule has 0 aromatic carbocycles. The maximum Gasteiger partial charge on any atom is 0.107 e. The average Bonchev–Trinajstić information content (AvgIpc) is 2.47. The first kappa shape index (κ1) is 11.3. The Hall–Kier alpha value is 0.780. The third kappa shape index (κ3) is 2.47. The van der Waals surface area contributed by atoms with Crippen molar-refractivity contribution >= 4 is 50.6 Å². The van der Waals surface area contributed by atoms with Gasteiger partial charge in [0.1, 0.15) is 4.34 Å². The molecule has 1 nitrogen and oxygen atoms in total. The van der Waals surface area contributed by atoms with E-state index >= 15 is 0 Å². The predicted octanol–water partition coefficient (Wildman–Crippen LogP) is 4.28. The minimum absolute atomic E-state index is 0.424. The molecule has 78 valence electrons. The van der Waals surface area contributed by atoms with Crippen LogP contribution in [0.15, 0.2) is 10.5 Å². The van der Waals surface area contributed by atoms with Crippen molar-refractivity contribution in [3.63, 3.8) is 0 Å². The van der Waals surface area contributed by atoms with Crippen LogP contribution in [0.2, 0.25) is 4.34 Å². The molecule has 0 bridgehead atoms. The lowest BCUT2D eigenvalue weighted by atomic mass is 10.2. The summed E-state index contributed by atoms with van der Waals surface area (Å²) in [6, 6.07) is 2.73. The van der Waals surface area contributed by atoms with Gasteiger partial charge in [-0.15, -0.1) is 23.1 Å². The second kappa shape index (κ2) is 4.74. The number of hydrogen-bond acceptors (Lipinski definition) is 3. The minimum Gasteiger partial charge on any atom is -0.298 e. The van der Waals surface area contributed by atoms with E-state index in [0.717, 1.165) is 8.81 Å². The summed E-state index contributed by atoms with van der Waals surface area (Å²) >= 11 is 13.1. The summed E-state index contributed by atoms with van der Waals surface area (Å²) < 4.78 is 1.86. The second-order valence-electron chi connectivity index (χ2n) is 3.38. The van der Waals surface area contributed by atoms with Crippen LogP contribution in [0.25, 0.3) is 0 Å². The molecule has 1 aromatic rings. The van der Waals surface area contributed by atoms with E-state index in [1.54, 1.807) is 11.3 Å². The Kier molecular flexibility index (Phi) is 3.82. The molecular formula is C9H11BrClNS2. The van der Waals surface area contributed by atoms with Gasteiger partial charge in [0.25, 0.3) is 0 Å². The Morgan fingerprint density at radius 2 is 2.43 bits per heavy atom. The first-order chi connectivity index (χ1) is 6.66. The van der Waals surface area contributed by atoms with Gasteiger partial charge in [-0.05, 0) is 41.1 Å². The molecule has 1 saturated heterocycles. The number of halogens is 2. The van der Waals surface area contributed by atoms with E-state index in [2.05, 4.69) is 34.2 Å². The Bertz CT molecular complexity index is 309. The number of thiophene rings is 1. The highest BCUT2D eigenvalue weighted by Crippen LogP contribution is 2.40. The summed E-state index contributed by atoms with van der Waals surface area (Å²) in [5.41, 5.74) is 0. The zero-order chi connectivity index (χ0) is 10.1. The molecule has 0 saturated carbocycles. The van der Waals surface area contributed by atoms with E-state index in [1.807, 2.05) is 11.8 Å². The molecule has 1 fully saturated rings. The van der Waals surface area contributed by atoms with Crippen LogP contribution in [-0.2, 0) is 0 Å². The smallest absolute Gasteiger partial charge is 0.107 e. The third-order valence-corrected chi connectivity index (χ3v) is 6.08. The lowest BCUT2D eigenvalue weighted by Gasteiger charge is -2.27. The molecule has 0 aliphatic carbocycles. The van der Waals surface area contributed by atoms with Crippen molar-refractivity contribution in [1.29, 1.82) is 0 Å². The molecule has 0 amide bonds. The van der Waals surface area contributed by atoms with E-state index in [0.29, 0.717) is 11.4 Å². The highest BCUT2D eigenvalue weighted by molar-refractivity contribution is 9.10. The van der Waals surface area contributed by atoms with Crippen molar-refractivity contribution in [3.05, 3.63) is 19.8 Å². The molecule has 1 N–H and O–H groups in total. The van der Waals surface area contributed by atoms with Crippen LogP contribution in [0.5, 0.6) is 0 Å². The monoisotopic (exact) mass is 311 g/mol. The summed E-state index contributed by atoms with van der Waals surface area (Å²) in [7, 11) is 0. The summed E-state index contributed by atoms with van der Waals surface area (Å²) in [6.45, 7) is 2.23. The van der Waals surface area contributed by atoms with Crippen LogP contribution in [0, 0.1) is 0 Å². The normalized spacial score (nSPS) is 27.9. The van der Waals surface area contributed by atoms with Crippen LogP contribution in [0.4, 0.5) is 0 Å². The standard InChI is InChI=1S/C9H11BrClNS2/c1-5-2-3-13-9(12-5)7-4-6(10)8(11)14-7/h4-5,9,12H,2-3H2,1H3. The molecule has 1 aliphatic heterocycles. The molecule has 2 rings (SSSR count). The van der Waals surface area contributed by atoms with Gasteiger partial charge < -0.3 is 0 Å². The van der Waals surface area contributed by atoms with Gasteiger partial charge in [-0.2, -0.15) is 0 Å². The van der Waals surface area contributed by atoms with Crippen LogP contribution in [-0.4, -0.2) is 11.8 Å². The molecule has 2 heterocycles. The predicted molar refractivity (Wildman–Crippen MR) is 69.4 cm³/mol. The van der Waals surface area contributed by atoms with E-state index < -0.39 is 0 Å². The van der Waals surface area contributed by atoms with Gasteiger partial charge in [0, 0.05) is 15.4 Å². The Morgan fingerprint density at radius 1 is 1.64 bits per heavy atom. The van der Waals surface area contributed by atoms with E-state index in [1.165, 1.54) is 17.1 Å². The summed E-state index contributed by atoms with van der Waals surface area (Å²) in [4.78, 5) is 1.32. The van der Waals surface area contributed by atoms with Gasteiger partial charge >= 0.3 is 0 Å². The molecule has 0 radical (unpaired) electrons. The zero-order valence-electron chi connectivity index (χ0n) is 7.72. The fraction of sp³-hybridized carbons (Fsp3) is 0.556. The maximum absolute atomic E-state index is 6.02. The van der Waals surface area contributed by atoms with Gasteiger partial charge in [0.2, 0.25) is 0 Å². The Morgan fingerprint density at radius 3 is 3.00 bits per heavy atom. The SMILES string of the molecule is CC1CCSC(c2cc(Br)c(Cl)s2)N1. The summed E-state index contributed by atoms with van der Waals surface area (Å²) in [5, 5.41) is 3.99. The number of hydrogen-bond donors (Lipinski definition) is 1. The van der Waals surface area contributed by atoms with Crippen molar-refractivity contribution in [2.45, 2.75) is 24.8 Å². The maximum atomic E-state index is 6.02. The molecule has 14 heavy (non-hydrogen) atoms. The van der Waals surface area contributed by atoms with Crippen LogP contribution in [0.3, 0.4) is 0 Å². The molecular weight excluding hydrogens is 302 g/mol. The Labute approximate surface area is 106 Å². The first-order valence-electron chi connectivity index (χ1n) is 4.49. The van der Waals surface area contributed by atoms with E-state index in [4.69, 9.17) is 11.6 Å². The highest BCUT2D eigenvalue weighted by Gasteiger charge is 2.22. The first-order valence-corrected chi connectivity index (χ1v) is 7.53. The number of thioether (sulfide) groups is 1. The molecule has 0 spiro atoms. The molecule has 2 unspecified atom stereocenters. The molecule has 2 atom stereocenters. The second-order valence-corrected chi connectivity index (χ2v) is 7.13. The quantitative estimate of drug-likeness (QED) is 0.831. The number of rotatable bonds is 1.